The SMILES string of the molecule is COc1ccc(NC(=O)C2=C(C)NC3=C(C(=O)CC(c4ccc(OC)c(OC)c4)C3)C2c2ccc(Cl)cc2)cc1. The number of benzene rings is 3. The van der Waals surface area contributed by atoms with Gasteiger partial charge in [-0.15, -0.1) is 0 Å². The zero-order chi connectivity index (χ0) is 28.4. The molecule has 5 rings (SSSR count). The first-order valence-electron chi connectivity index (χ1n) is 13.0. The highest BCUT2D eigenvalue weighted by Crippen LogP contribution is 2.46. The number of carbonyl (C=O) groups excluding carboxylic acids is 2. The van der Waals surface area contributed by atoms with Crippen LogP contribution in [0.1, 0.15) is 42.7 Å². The molecule has 2 N–H and O–H groups in total. The maximum atomic E-state index is 13.9. The van der Waals surface area contributed by atoms with Gasteiger partial charge in [0.2, 0.25) is 0 Å². The fourth-order valence-corrected chi connectivity index (χ4v) is 5.67. The molecule has 1 amide bonds. The Bertz CT molecular complexity index is 1510. The second-order valence-electron chi connectivity index (χ2n) is 9.87. The number of allylic oxidation sites excluding steroid dienone is 3. The summed E-state index contributed by atoms with van der Waals surface area (Å²) in [6, 6.07) is 20.2. The quantitative estimate of drug-likeness (QED) is 0.351. The fraction of sp³-hybridized carbons (Fsp3) is 0.250. The number of ketones is 1. The zero-order valence-electron chi connectivity index (χ0n) is 22.8. The van der Waals surface area contributed by atoms with Crippen LogP contribution in [0, 0.1) is 0 Å². The summed E-state index contributed by atoms with van der Waals surface area (Å²) >= 11 is 6.20. The first-order valence-corrected chi connectivity index (χ1v) is 13.4. The number of dihydropyridines is 1. The van der Waals surface area contributed by atoms with Gasteiger partial charge in [-0.25, -0.2) is 0 Å². The minimum atomic E-state index is -0.536. The molecule has 0 radical (unpaired) electrons. The molecule has 2 aliphatic rings. The van der Waals surface area contributed by atoms with E-state index < -0.39 is 5.92 Å². The minimum Gasteiger partial charge on any atom is -0.497 e. The average Bonchev–Trinajstić information content (AvgIpc) is 2.96. The molecule has 3 aromatic carbocycles. The number of nitrogens with one attached hydrogen (secondary N) is 2. The first kappa shape index (κ1) is 27.3. The monoisotopic (exact) mass is 558 g/mol. The third-order valence-corrected chi connectivity index (χ3v) is 7.75. The van der Waals surface area contributed by atoms with Crippen LogP contribution in [0.3, 0.4) is 0 Å². The predicted molar refractivity (Wildman–Crippen MR) is 155 cm³/mol. The molecule has 2 atom stereocenters. The number of rotatable bonds is 7. The maximum absolute atomic E-state index is 13.9. The van der Waals surface area contributed by atoms with Gasteiger partial charge in [0.05, 0.1) is 21.3 Å². The van der Waals surface area contributed by atoms with Gasteiger partial charge in [0.1, 0.15) is 5.75 Å². The molecule has 8 heteroatoms. The van der Waals surface area contributed by atoms with E-state index in [0.717, 1.165) is 16.8 Å². The van der Waals surface area contributed by atoms with Gasteiger partial charge in [-0.05, 0) is 78.9 Å². The number of hydrogen-bond acceptors (Lipinski definition) is 6. The summed E-state index contributed by atoms with van der Waals surface area (Å²) in [7, 11) is 4.79. The van der Waals surface area contributed by atoms with E-state index in [1.165, 1.54) is 0 Å². The normalized spacial score (nSPS) is 18.6. The minimum absolute atomic E-state index is 0.00395. The van der Waals surface area contributed by atoms with E-state index >= 15 is 0 Å². The number of hydrogen-bond donors (Lipinski definition) is 2. The van der Waals surface area contributed by atoms with Gasteiger partial charge in [0.25, 0.3) is 5.91 Å². The van der Waals surface area contributed by atoms with Crippen LogP contribution in [0.4, 0.5) is 5.69 Å². The highest BCUT2D eigenvalue weighted by Gasteiger charge is 2.41. The summed E-state index contributed by atoms with van der Waals surface area (Å²) in [6.45, 7) is 1.88. The van der Waals surface area contributed by atoms with Crippen molar-refractivity contribution >= 4 is 29.0 Å². The molecule has 0 fully saturated rings. The van der Waals surface area contributed by atoms with E-state index in [1.54, 1.807) is 57.7 Å². The molecule has 1 aliphatic heterocycles. The number of amides is 1. The maximum Gasteiger partial charge on any atom is 0.254 e. The number of ether oxygens (including phenoxy) is 3. The molecule has 0 aromatic heterocycles. The Labute approximate surface area is 238 Å². The molecule has 1 heterocycles. The summed E-state index contributed by atoms with van der Waals surface area (Å²) in [6.07, 6.45) is 0.928. The van der Waals surface area contributed by atoms with Gasteiger partial charge in [-0.2, -0.15) is 0 Å². The molecule has 206 valence electrons. The largest absolute Gasteiger partial charge is 0.497 e. The highest BCUT2D eigenvalue weighted by molar-refractivity contribution is 6.30. The van der Waals surface area contributed by atoms with E-state index in [4.69, 9.17) is 25.8 Å². The van der Waals surface area contributed by atoms with Crippen LogP contribution in [0.15, 0.2) is 89.3 Å². The summed E-state index contributed by atoms with van der Waals surface area (Å²) in [5.74, 6) is 1.08. The molecule has 0 spiro atoms. The molecular formula is C32H31ClN2O5. The molecular weight excluding hydrogens is 528 g/mol. The zero-order valence-corrected chi connectivity index (χ0v) is 23.6. The molecule has 40 heavy (non-hydrogen) atoms. The molecule has 3 aromatic rings. The van der Waals surface area contributed by atoms with Gasteiger partial charge in [0, 0.05) is 45.6 Å². The summed E-state index contributed by atoms with van der Waals surface area (Å²) in [5.41, 5.74) is 5.09. The Hall–Kier alpha value is -4.23. The predicted octanol–water partition coefficient (Wildman–Crippen LogP) is 6.37. The number of anilines is 1. The van der Waals surface area contributed by atoms with Crippen molar-refractivity contribution in [2.45, 2.75) is 31.6 Å². The van der Waals surface area contributed by atoms with E-state index in [-0.39, 0.29) is 17.6 Å². The summed E-state index contributed by atoms with van der Waals surface area (Å²) in [4.78, 5) is 27.7. The van der Waals surface area contributed by atoms with Gasteiger partial charge in [-0.3, -0.25) is 9.59 Å². The second-order valence-corrected chi connectivity index (χ2v) is 10.3. The lowest BCUT2D eigenvalue weighted by atomic mass is 9.71. The smallest absolute Gasteiger partial charge is 0.254 e. The Balaban J connectivity index is 1.52. The van der Waals surface area contributed by atoms with Crippen molar-refractivity contribution in [3.8, 4) is 17.2 Å². The third-order valence-electron chi connectivity index (χ3n) is 7.50. The van der Waals surface area contributed by atoms with Crippen molar-refractivity contribution in [3.63, 3.8) is 0 Å². The first-order chi connectivity index (χ1) is 19.3. The standard InChI is InChI=1S/C32H31ClN2O5/c1-18-29(32(37)35-23-10-12-24(38-2)13-11-23)30(19-5-8-22(33)9-6-19)31-25(34-18)15-21(16-26(31)36)20-7-14-27(39-3)28(17-20)40-4/h5-14,17,21,30,34H,15-16H2,1-4H3,(H,35,37). The Morgan fingerprint density at radius 2 is 1.55 bits per heavy atom. The summed E-state index contributed by atoms with van der Waals surface area (Å²) < 4.78 is 16.1. The van der Waals surface area contributed by atoms with E-state index in [9.17, 15) is 9.59 Å². The number of Topliss-reactive ketones (excluding diaryl/α,β-unsaturated/α-hetero) is 1. The van der Waals surface area contributed by atoms with Crippen molar-refractivity contribution < 1.29 is 23.8 Å². The number of carbonyl (C=O) groups is 2. The van der Waals surface area contributed by atoms with Gasteiger partial charge >= 0.3 is 0 Å². The fourth-order valence-electron chi connectivity index (χ4n) is 5.54. The van der Waals surface area contributed by atoms with Crippen molar-refractivity contribution in [3.05, 3.63) is 105 Å². The van der Waals surface area contributed by atoms with Gasteiger partial charge in [-0.1, -0.05) is 29.8 Å². The average molecular weight is 559 g/mol. The molecule has 0 bridgehead atoms. The highest BCUT2D eigenvalue weighted by atomic mass is 35.5. The lowest BCUT2D eigenvalue weighted by molar-refractivity contribution is -0.116. The van der Waals surface area contributed by atoms with E-state index in [0.29, 0.717) is 57.6 Å². The van der Waals surface area contributed by atoms with Crippen molar-refractivity contribution in [1.29, 1.82) is 0 Å². The van der Waals surface area contributed by atoms with Crippen LogP contribution >= 0.6 is 11.6 Å². The van der Waals surface area contributed by atoms with E-state index in [2.05, 4.69) is 10.6 Å². The van der Waals surface area contributed by atoms with Crippen LogP contribution in [0.5, 0.6) is 17.2 Å². The molecule has 2 unspecified atom stereocenters. The van der Waals surface area contributed by atoms with Crippen molar-refractivity contribution in [1.82, 2.24) is 5.32 Å². The molecule has 0 saturated heterocycles. The van der Waals surface area contributed by atoms with E-state index in [1.807, 2.05) is 37.3 Å². The lowest BCUT2D eigenvalue weighted by Gasteiger charge is -2.37. The molecule has 1 aliphatic carbocycles. The van der Waals surface area contributed by atoms with Crippen molar-refractivity contribution in [2.24, 2.45) is 0 Å². The summed E-state index contributed by atoms with van der Waals surface area (Å²) in [5, 5.41) is 7.00. The Morgan fingerprint density at radius 3 is 2.20 bits per heavy atom. The van der Waals surface area contributed by atoms with Gasteiger partial charge < -0.3 is 24.8 Å². The van der Waals surface area contributed by atoms with Crippen LogP contribution < -0.4 is 24.8 Å². The van der Waals surface area contributed by atoms with Crippen LogP contribution in [-0.2, 0) is 9.59 Å². The van der Waals surface area contributed by atoms with Crippen LogP contribution in [0.25, 0.3) is 0 Å². The third kappa shape index (κ3) is 5.29. The Kier molecular flexibility index (Phi) is 7.85. The lowest BCUT2D eigenvalue weighted by Crippen LogP contribution is -2.37. The van der Waals surface area contributed by atoms with Crippen LogP contribution in [-0.4, -0.2) is 33.0 Å². The molecule has 0 saturated carbocycles. The topological polar surface area (TPSA) is 85.9 Å². The van der Waals surface area contributed by atoms with Crippen molar-refractivity contribution in [2.75, 3.05) is 26.6 Å². The number of halogens is 1. The molecule has 7 nitrogen and oxygen atoms in total. The van der Waals surface area contributed by atoms with Gasteiger partial charge in [0.15, 0.2) is 17.3 Å². The number of methoxy groups -OCH3 is 3. The second kappa shape index (κ2) is 11.5. The van der Waals surface area contributed by atoms with Crippen LogP contribution in [0.2, 0.25) is 5.02 Å². The Morgan fingerprint density at radius 1 is 0.875 bits per heavy atom.